The number of benzene rings is 2. The van der Waals surface area contributed by atoms with E-state index in [0.717, 1.165) is 5.39 Å². The van der Waals surface area contributed by atoms with E-state index in [-0.39, 0.29) is 10.6 Å². The SMILES string of the molecule is OC(c1cccc(Cl)c1F)c1cccc2cccnc12. The van der Waals surface area contributed by atoms with Crippen LogP contribution in [0.4, 0.5) is 4.39 Å². The number of aliphatic hydroxyl groups is 1. The lowest BCUT2D eigenvalue weighted by atomic mass is 9.98. The molecule has 0 aliphatic heterocycles. The molecule has 1 aromatic heterocycles. The first-order chi connectivity index (χ1) is 9.68. The molecule has 1 unspecified atom stereocenters. The summed E-state index contributed by atoms with van der Waals surface area (Å²) in [5.74, 6) is -0.602. The molecule has 3 rings (SSSR count). The normalized spacial score (nSPS) is 12.6. The van der Waals surface area contributed by atoms with Crippen LogP contribution in [0.5, 0.6) is 0 Å². The second-order valence-electron chi connectivity index (χ2n) is 4.47. The van der Waals surface area contributed by atoms with Crippen molar-refractivity contribution >= 4 is 22.5 Å². The standard InChI is InChI=1S/C16H11ClFNO/c17-13-8-2-6-11(14(13)18)16(20)12-7-1-4-10-5-3-9-19-15(10)12/h1-9,16,20H. The fraction of sp³-hybridized carbons (Fsp3) is 0.0625. The maximum Gasteiger partial charge on any atom is 0.147 e. The Morgan fingerprint density at radius 3 is 2.55 bits per heavy atom. The lowest BCUT2D eigenvalue weighted by Crippen LogP contribution is -2.04. The van der Waals surface area contributed by atoms with E-state index in [9.17, 15) is 9.50 Å². The zero-order valence-electron chi connectivity index (χ0n) is 10.4. The van der Waals surface area contributed by atoms with Gasteiger partial charge in [-0.2, -0.15) is 0 Å². The minimum absolute atomic E-state index is 0.00486. The number of aromatic nitrogens is 1. The van der Waals surface area contributed by atoms with E-state index >= 15 is 0 Å². The molecule has 0 amide bonds. The van der Waals surface area contributed by atoms with Gasteiger partial charge in [-0.1, -0.05) is 48.0 Å². The van der Waals surface area contributed by atoms with E-state index < -0.39 is 11.9 Å². The summed E-state index contributed by atoms with van der Waals surface area (Å²) in [4.78, 5) is 4.26. The van der Waals surface area contributed by atoms with Crippen LogP contribution in [0.1, 0.15) is 17.2 Å². The van der Waals surface area contributed by atoms with E-state index in [4.69, 9.17) is 11.6 Å². The zero-order valence-corrected chi connectivity index (χ0v) is 11.2. The first kappa shape index (κ1) is 13.0. The first-order valence-electron chi connectivity index (χ1n) is 6.14. The Bertz CT molecular complexity index is 770. The summed E-state index contributed by atoms with van der Waals surface area (Å²) in [5, 5.41) is 11.3. The molecule has 1 atom stereocenters. The predicted octanol–water partition coefficient (Wildman–Crippen LogP) is 4.11. The van der Waals surface area contributed by atoms with E-state index in [1.54, 1.807) is 18.3 Å². The van der Waals surface area contributed by atoms with Gasteiger partial charge in [0.2, 0.25) is 0 Å². The number of aliphatic hydroxyl groups excluding tert-OH is 1. The highest BCUT2D eigenvalue weighted by Crippen LogP contribution is 2.31. The number of fused-ring (bicyclic) bond motifs is 1. The Hall–Kier alpha value is -1.97. The third kappa shape index (κ3) is 2.15. The van der Waals surface area contributed by atoms with Crippen molar-refractivity contribution in [3.05, 3.63) is 76.7 Å². The Morgan fingerprint density at radius 2 is 1.70 bits per heavy atom. The van der Waals surface area contributed by atoms with Crippen molar-refractivity contribution in [3.63, 3.8) is 0 Å². The number of nitrogens with zero attached hydrogens (tertiary/aromatic N) is 1. The molecular formula is C16H11ClFNO. The summed E-state index contributed by atoms with van der Waals surface area (Å²) >= 11 is 5.76. The van der Waals surface area contributed by atoms with E-state index in [2.05, 4.69) is 4.98 Å². The van der Waals surface area contributed by atoms with Crippen LogP contribution < -0.4 is 0 Å². The van der Waals surface area contributed by atoms with Gasteiger partial charge in [-0.05, 0) is 12.1 Å². The number of para-hydroxylation sites is 1. The largest absolute Gasteiger partial charge is 0.383 e. The third-order valence-corrected chi connectivity index (χ3v) is 3.53. The smallest absolute Gasteiger partial charge is 0.147 e. The Morgan fingerprint density at radius 1 is 1.00 bits per heavy atom. The van der Waals surface area contributed by atoms with Gasteiger partial charge >= 0.3 is 0 Å². The van der Waals surface area contributed by atoms with Crippen LogP contribution in [0.2, 0.25) is 5.02 Å². The lowest BCUT2D eigenvalue weighted by molar-refractivity contribution is 0.216. The first-order valence-corrected chi connectivity index (χ1v) is 6.52. The third-order valence-electron chi connectivity index (χ3n) is 3.23. The highest BCUT2D eigenvalue weighted by Gasteiger charge is 2.19. The van der Waals surface area contributed by atoms with Crippen molar-refractivity contribution < 1.29 is 9.50 Å². The molecule has 0 spiro atoms. The summed E-state index contributed by atoms with van der Waals surface area (Å²) < 4.78 is 14.0. The maximum absolute atomic E-state index is 14.0. The van der Waals surface area contributed by atoms with Crippen LogP contribution in [0.25, 0.3) is 10.9 Å². The number of hydrogen-bond acceptors (Lipinski definition) is 2. The van der Waals surface area contributed by atoms with Gasteiger partial charge in [-0.3, -0.25) is 4.98 Å². The molecule has 20 heavy (non-hydrogen) atoms. The van der Waals surface area contributed by atoms with Crippen molar-refractivity contribution in [2.75, 3.05) is 0 Å². The van der Waals surface area contributed by atoms with Gasteiger partial charge in [0.25, 0.3) is 0 Å². The molecule has 0 aliphatic carbocycles. The molecule has 100 valence electrons. The van der Waals surface area contributed by atoms with Gasteiger partial charge in [0.1, 0.15) is 11.9 Å². The number of pyridine rings is 1. The fourth-order valence-corrected chi connectivity index (χ4v) is 2.43. The van der Waals surface area contributed by atoms with Gasteiger partial charge < -0.3 is 5.11 Å². The number of rotatable bonds is 2. The zero-order chi connectivity index (χ0) is 14.1. The van der Waals surface area contributed by atoms with Crippen LogP contribution in [-0.2, 0) is 0 Å². The van der Waals surface area contributed by atoms with Crippen molar-refractivity contribution in [1.82, 2.24) is 4.98 Å². The summed E-state index contributed by atoms with van der Waals surface area (Å²) in [7, 11) is 0. The van der Waals surface area contributed by atoms with Gasteiger partial charge in [0.05, 0.1) is 10.5 Å². The molecule has 2 nitrogen and oxygen atoms in total. The molecule has 2 aromatic carbocycles. The topological polar surface area (TPSA) is 33.1 Å². The predicted molar refractivity (Wildman–Crippen MR) is 77.2 cm³/mol. The van der Waals surface area contributed by atoms with Gasteiger partial charge in [0.15, 0.2) is 0 Å². The molecule has 1 N–H and O–H groups in total. The summed E-state index contributed by atoms with van der Waals surface area (Å²) in [6.45, 7) is 0. The van der Waals surface area contributed by atoms with E-state index in [1.165, 1.54) is 12.1 Å². The molecule has 0 saturated heterocycles. The van der Waals surface area contributed by atoms with Crippen molar-refractivity contribution in [2.45, 2.75) is 6.10 Å². The van der Waals surface area contributed by atoms with Crippen LogP contribution in [0.3, 0.4) is 0 Å². The maximum atomic E-state index is 14.0. The van der Waals surface area contributed by atoms with E-state index in [1.807, 2.05) is 24.3 Å². The van der Waals surface area contributed by atoms with Crippen LogP contribution in [0.15, 0.2) is 54.7 Å². The second-order valence-corrected chi connectivity index (χ2v) is 4.88. The monoisotopic (exact) mass is 287 g/mol. The molecular weight excluding hydrogens is 277 g/mol. The van der Waals surface area contributed by atoms with Crippen molar-refractivity contribution in [2.24, 2.45) is 0 Å². The van der Waals surface area contributed by atoms with E-state index in [0.29, 0.717) is 11.1 Å². The molecule has 3 aromatic rings. The highest BCUT2D eigenvalue weighted by molar-refractivity contribution is 6.30. The summed E-state index contributed by atoms with van der Waals surface area (Å²) in [6, 6.07) is 13.7. The summed E-state index contributed by atoms with van der Waals surface area (Å²) in [6.07, 6.45) is 0.541. The fourth-order valence-electron chi connectivity index (χ4n) is 2.25. The van der Waals surface area contributed by atoms with Crippen LogP contribution in [0, 0.1) is 5.82 Å². The number of hydrogen-bond donors (Lipinski definition) is 1. The average molecular weight is 288 g/mol. The van der Waals surface area contributed by atoms with Crippen LogP contribution >= 0.6 is 11.6 Å². The van der Waals surface area contributed by atoms with Crippen molar-refractivity contribution in [3.8, 4) is 0 Å². The van der Waals surface area contributed by atoms with Gasteiger partial charge in [-0.15, -0.1) is 0 Å². The highest BCUT2D eigenvalue weighted by atomic mass is 35.5. The Balaban J connectivity index is 2.18. The molecule has 0 saturated carbocycles. The minimum atomic E-state index is -1.10. The van der Waals surface area contributed by atoms with Crippen molar-refractivity contribution in [1.29, 1.82) is 0 Å². The Kier molecular flexibility index (Phi) is 3.38. The lowest BCUT2D eigenvalue weighted by Gasteiger charge is -2.14. The average Bonchev–Trinajstić information content (AvgIpc) is 2.49. The molecule has 0 aliphatic rings. The second kappa shape index (κ2) is 5.19. The minimum Gasteiger partial charge on any atom is -0.383 e. The Labute approximate surface area is 120 Å². The van der Waals surface area contributed by atoms with Gasteiger partial charge in [-0.25, -0.2) is 4.39 Å². The molecule has 0 bridgehead atoms. The number of halogens is 2. The molecule has 0 radical (unpaired) electrons. The van der Waals surface area contributed by atoms with Crippen LogP contribution in [-0.4, -0.2) is 10.1 Å². The molecule has 4 heteroatoms. The quantitative estimate of drug-likeness (QED) is 0.769. The molecule has 1 heterocycles. The molecule has 0 fully saturated rings. The summed E-state index contributed by atoms with van der Waals surface area (Å²) in [5.41, 5.74) is 1.36. The van der Waals surface area contributed by atoms with Gasteiger partial charge in [0, 0.05) is 22.7 Å².